The Balaban J connectivity index is 2.01. The van der Waals surface area contributed by atoms with Gasteiger partial charge in [-0.3, -0.25) is 0 Å². The summed E-state index contributed by atoms with van der Waals surface area (Å²) in [6.45, 7) is 6.80. The summed E-state index contributed by atoms with van der Waals surface area (Å²) in [6.07, 6.45) is 0. The van der Waals surface area contributed by atoms with Gasteiger partial charge in [0, 0.05) is 10.9 Å². The van der Waals surface area contributed by atoms with Crippen molar-refractivity contribution < 1.29 is 14.6 Å². The maximum atomic E-state index is 11.7. The first kappa shape index (κ1) is 17.0. The highest BCUT2D eigenvalue weighted by atomic mass is 16.5. The van der Waals surface area contributed by atoms with Crippen LogP contribution in [0.1, 0.15) is 29.8 Å². The largest absolute Gasteiger partial charge is 0.493 e. The third-order valence-corrected chi connectivity index (χ3v) is 3.93. The molecule has 0 atom stereocenters. The van der Waals surface area contributed by atoms with Crippen LogP contribution in [0.4, 0.5) is 0 Å². The van der Waals surface area contributed by atoms with Crippen LogP contribution in [0.15, 0.2) is 48.5 Å². The van der Waals surface area contributed by atoms with Crippen molar-refractivity contribution in [2.24, 2.45) is 5.92 Å². The van der Waals surface area contributed by atoms with Crippen LogP contribution in [-0.4, -0.2) is 22.7 Å². The van der Waals surface area contributed by atoms with Gasteiger partial charge in [0.05, 0.1) is 23.4 Å². The van der Waals surface area contributed by atoms with Gasteiger partial charge in [-0.2, -0.15) is 0 Å². The highest BCUT2D eigenvalue weighted by molar-refractivity contribution is 6.03. The summed E-state index contributed by atoms with van der Waals surface area (Å²) in [5.41, 5.74) is 3.46. The molecule has 1 N–H and O–H groups in total. The first-order chi connectivity index (χ1) is 11.9. The molecule has 0 saturated carbocycles. The van der Waals surface area contributed by atoms with Gasteiger partial charge in [0.15, 0.2) is 0 Å². The van der Waals surface area contributed by atoms with E-state index in [0.717, 1.165) is 16.9 Å². The molecule has 1 aromatic heterocycles. The number of hydrogen-bond acceptors (Lipinski definition) is 3. The van der Waals surface area contributed by atoms with Gasteiger partial charge in [-0.25, -0.2) is 9.78 Å². The molecule has 0 radical (unpaired) electrons. The Morgan fingerprint density at radius 1 is 1.12 bits per heavy atom. The monoisotopic (exact) mass is 335 g/mol. The molecule has 0 saturated heterocycles. The van der Waals surface area contributed by atoms with Gasteiger partial charge in [0.25, 0.3) is 0 Å². The summed E-state index contributed by atoms with van der Waals surface area (Å²) >= 11 is 0. The molecule has 0 fully saturated rings. The zero-order valence-electron chi connectivity index (χ0n) is 14.6. The Kier molecular flexibility index (Phi) is 4.70. The molecule has 1 heterocycles. The summed E-state index contributed by atoms with van der Waals surface area (Å²) in [5.74, 6) is 0.312. The number of nitrogens with zero attached hydrogens (tertiary/aromatic N) is 1. The summed E-state index contributed by atoms with van der Waals surface area (Å²) in [7, 11) is 0. The van der Waals surface area contributed by atoms with E-state index in [0.29, 0.717) is 29.1 Å². The molecule has 0 unspecified atom stereocenters. The zero-order valence-corrected chi connectivity index (χ0v) is 14.6. The highest BCUT2D eigenvalue weighted by Gasteiger charge is 2.13. The minimum Gasteiger partial charge on any atom is -0.493 e. The highest BCUT2D eigenvalue weighted by Crippen LogP contribution is 2.27. The number of ether oxygens (including phenoxy) is 1. The summed E-state index contributed by atoms with van der Waals surface area (Å²) in [6, 6.07) is 14.9. The topological polar surface area (TPSA) is 59.4 Å². The molecule has 128 valence electrons. The SMILES string of the molecule is Cc1ccc2nc(-c3ccc(OCC(C)C)cc3)cc(C(=O)O)c2c1. The second kappa shape index (κ2) is 6.93. The van der Waals surface area contributed by atoms with Gasteiger partial charge >= 0.3 is 5.97 Å². The molecule has 0 aliphatic rings. The van der Waals surface area contributed by atoms with Crippen LogP contribution in [0.3, 0.4) is 0 Å². The molecular formula is C21H21NO3. The normalized spacial score (nSPS) is 11.0. The second-order valence-corrected chi connectivity index (χ2v) is 6.61. The van der Waals surface area contributed by atoms with Crippen LogP contribution in [0.5, 0.6) is 5.75 Å². The van der Waals surface area contributed by atoms with Crippen molar-refractivity contribution in [2.75, 3.05) is 6.61 Å². The second-order valence-electron chi connectivity index (χ2n) is 6.61. The molecule has 3 aromatic rings. The lowest BCUT2D eigenvalue weighted by atomic mass is 10.0. The van der Waals surface area contributed by atoms with Gasteiger partial charge in [-0.1, -0.05) is 25.5 Å². The first-order valence-electron chi connectivity index (χ1n) is 8.32. The van der Waals surface area contributed by atoms with E-state index in [-0.39, 0.29) is 5.56 Å². The average molecular weight is 335 g/mol. The number of carboxylic acid groups (broad SMARTS) is 1. The van der Waals surface area contributed by atoms with Crippen molar-refractivity contribution in [1.82, 2.24) is 4.98 Å². The fourth-order valence-corrected chi connectivity index (χ4v) is 2.65. The Bertz CT molecular complexity index is 914. The molecule has 0 aliphatic carbocycles. The quantitative estimate of drug-likeness (QED) is 0.717. The van der Waals surface area contributed by atoms with Crippen LogP contribution in [-0.2, 0) is 0 Å². The van der Waals surface area contributed by atoms with Crippen LogP contribution < -0.4 is 4.74 Å². The van der Waals surface area contributed by atoms with Crippen molar-refractivity contribution in [3.63, 3.8) is 0 Å². The standard InChI is InChI=1S/C21H21NO3/c1-13(2)12-25-16-7-5-15(6-8-16)20-11-18(21(23)24)17-10-14(3)4-9-19(17)22-20/h4-11,13H,12H2,1-3H3,(H,23,24). The summed E-state index contributed by atoms with van der Waals surface area (Å²) in [4.78, 5) is 16.3. The molecule has 2 aromatic carbocycles. The van der Waals surface area contributed by atoms with Crippen molar-refractivity contribution in [3.8, 4) is 17.0 Å². The minimum absolute atomic E-state index is 0.267. The van der Waals surface area contributed by atoms with Gasteiger partial charge in [-0.15, -0.1) is 0 Å². The van der Waals surface area contributed by atoms with Gasteiger partial charge in [0.2, 0.25) is 0 Å². The van der Waals surface area contributed by atoms with E-state index in [9.17, 15) is 9.90 Å². The van der Waals surface area contributed by atoms with E-state index in [1.165, 1.54) is 0 Å². The van der Waals surface area contributed by atoms with E-state index in [1.807, 2.05) is 49.4 Å². The van der Waals surface area contributed by atoms with Crippen LogP contribution >= 0.6 is 0 Å². The fraction of sp³-hybridized carbons (Fsp3) is 0.238. The van der Waals surface area contributed by atoms with Crippen molar-refractivity contribution in [3.05, 3.63) is 59.7 Å². The Labute approximate surface area is 147 Å². The van der Waals surface area contributed by atoms with Crippen molar-refractivity contribution in [1.29, 1.82) is 0 Å². The van der Waals surface area contributed by atoms with E-state index in [4.69, 9.17) is 4.74 Å². The van der Waals surface area contributed by atoms with E-state index in [2.05, 4.69) is 18.8 Å². The lowest BCUT2D eigenvalue weighted by Gasteiger charge is -2.10. The van der Waals surface area contributed by atoms with Crippen LogP contribution in [0, 0.1) is 12.8 Å². The van der Waals surface area contributed by atoms with E-state index in [1.54, 1.807) is 6.07 Å². The van der Waals surface area contributed by atoms with Gasteiger partial charge in [0.1, 0.15) is 5.75 Å². The number of hydrogen-bond donors (Lipinski definition) is 1. The van der Waals surface area contributed by atoms with Crippen LogP contribution in [0.2, 0.25) is 0 Å². The number of carbonyl (C=O) groups is 1. The smallest absolute Gasteiger partial charge is 0.336 e. The fourth-order valence-electron chi connectivity index (χ4n) is 2.65. The lowest BCUT2D eigenvalue weighted by molar-refractivity contribution is 0.0699. The maximum Gasteiger partial charge on any atom is 0.336 e. The number of benzene rings is 2. The van der Waals surface area contributed by atoms with Gasteiger partial charge < -0.3 is 9.84 Å². The average Bonchev–Trinajstić information content (AvgIpc) is 2.59. The number of rotatable bonds is 5. The molecule has 4 nitrogen and oxygen atoms in total. The Morgan fingerprint density at radius 2 is 1.84 bits per heavy atom. The maximum absolute atomic E-state index is 11.7. The number of aromatic carboxylic acids is 1. The first-order valence-corrected chi connectivity index (χ1v) is 8.32. The predicted octanol–water partition coefficient (Wildman–Crippen LogP) is 4.94. The number of carboxylic acids is 1. The number of fused-ring (bicyclic) bond motifs is 1. The number of aryl methyl sites for hydroxylation is 1. The van der Waals surface area contributed by atoms with E-state index >= 15 is 0 Å². The third kappa shape index (κ3) is 3.79. The molecule has 0 spiro atoms. The zero-order chi connectivity index (χ0) is 18.0. The molecular weight excluding hydrogens is 314 g/mol. The Hall–Kier alpha value is -2.88. The summed E-state index contributed by atoms with van der Waals surface area (Å²) < 4.78 is 5.69. The van der Waals surface area contributed by atoms with Crippen molar-refractivity contribution >= 4 is 16.9 Å². The lowest BCUT2D eigenvalue weighted by Crippen LogP contribution is -2.04. The predicted molar refractivity (Wildman–Crippen MR) is 99.2 cm³/mol. The molecule has 0 bridgehead atoms. The molecule has 0 aliphatic heterocycles. The summed E-state index contributed by atoms with van der Waals surface area (Å²) in [5, 5.41) is 10.2. The van der Waals surface area contributed by atoms with Crippen molar-refractivity contribution in [2.45, 2.75) is 20.8 Å². The number of pyridine rings is 1. The third-order valence-electron chi connectivity index (χ3n) is 3.93. The van der Waals surface area contributed by atoms with E-state index < -0.39 is 5.97 Å². The Morgan fingerprint density at radius 3 is 2.48 bits per heavy atom. The molecule has 0 amide bonds. The minimum atomic E-state index is -0.948. The molecule has 3 rings (SSSR count). The number of aromatic nitrogens is 1. The van der Waals surface area contributed by atoms with Crippen LogP contribution in [0.25, 0.3) is 22.2 Å². The van der Waals surface area contributed by atoms with Gasteiger partial charge in [-0.05, 0) is 55.3 Å². The molecule has 25 heavy (non-hydrogen) atoms. The molecule has 4 heteroatoms.